The first-order valence-electron chi connectivity index (χ1n) is 14.0. The Bertz CT molecular complexity index is 1650. The van der Waals surface area contributed by atoms with E-state index in [-0.39, 0.29) is 42.2 Å². The predicted octanol–water partition coefficient (Wildman–Crippen LogP) is 4.92. The van der Waals surface area contributed by atoms with E-state index in [2.05, 4.69) is 16.4 Å². The van der Waals surface area contributed by atoms with E-state index in [1.54, 1.807) is 12.1 Å². The Balaban J connectivity index is 1.38. The van der Waals surface area contributed by atoms with E-state index < -0.39 is 50.9 Å². The van der Waals surface area contributed by atoms with Gasteiger partial charge in [0.15, 0.2) is 9.84 Å². The third kappa shape index (κ3) is 5.62. The van der Waals surface area contributed by atoms with Crippen molar-refractivity contribution in [2.45, 2.75) is 49.7 Å². The lowest BCUT2D eigenvalue weighted by molar-refractivity contribution is -0.128. The van der Waals surface area contributed by atoms with Crippen LogP contribution in [0.15, 0.2) is 46.9 Å². The third-order valence-corrected chi connectivity index (χ3v) is 10.1. The van der Waals surface area contributed by atoms with Gasteiger partial charge >= 0.3 is 0 Å². The number of halogens is 3. The Labute approximate surface area is 241 Å². The maximum atomic E-state index is 14.8. The van der Waals surface area contributed by atoms with E-state index in [4.69, 9.17) is 4.42 Å². The number of nitrogens with one attached hydrogen (secondary N) is 1. The van der Waals surface area contributed by atoms with E-state index in [1.165, 1.54) is 6.07 Å². The molecule has 1 saturated heterocycles. The average Bonchev–Trinajstić information content (AvgIpc) is 3.61. The van der Waals surface area contributed by atoms with Crippen LogP contribution in [-0.4, -0.2) is 55.6 Å². The molecule has 1 N–H and O–H groups in total. The van der Waals surface area contributed by atoms with Crippen molar-refractivity contribution in [2.75, 3.05) is 29.5 Å². The van der Waals surface area contributed by atoms with E-state index in [0.29, 0.717) is 42.9 Å². The number of nitrogens with zero attached hydrogens (tertiary/aromatic N) is 3. The molecule has 1 aromatic heterocycles. The van der Waals surface area contributed by atoms with Gasteiger partial charge in [0.1, 0.15) is 34.8 Å². The number of benzene rings is 2. The zero-order chi connectivity index (χ0) is 29.6. The van der Waals surface area contributed by atoms with Gasteiger partial charge in [-0.15, -0.1) is 0 Å². The Morgan fingerprint density at radius 3 is 2.45 bits per heavy atom. The second-order valence-corrected chi connectivity index (χ2v) is 13.7. The second-order valence-electron chi connectivity index (χ2n) is 11.3. The number of alkyl halides is 1. The summed E-state index contributed by atoms with van der Waals surface area (Å²) in [6, 6.07) is 12.4. The second kappa shape index (κ2) is 10.8. The summed E-state index contributed by atoms with van der Waals surface area (Å²) >= 11 is 0. The average molecular weight is 599 g/mol. The molecule has 2 heterocycles. The van der Waals surface area contributed by atoms with Crippen LogP contribution < -0.4 is 10.2 Å². The highest BCUT2D eigenvalue weighted by atomic mass is 32.2. The van der Waals surface area contributed by atoms with E-state index >= 15 is 0 Å². The molecule has 0 radical (unpaired) electrons. The monoisotopic (exact) mass is 598 g/mol. The number of nitriles is 1. The molecule has 0 spiro atoms. The quantitative estimate of drug-likeness (QED) is 0.428. The van der Waals surface area contributed by atoms with E-state index in [1.807, 2.05) is 17.0 Å². The summed E-state index contributed by atoms with van der Waals surface area (Å²) in [5.41, 5.74) is 0.791. The van der Waals surface area contributed by atoms with Gasteiger partial charge in [-0.25, -0.2) is 26.6 Å². The summed E-state index contributed by atoms with van der Waals surface area (Å²) in [4.78, 5) is 19.9. The smallest absolute Gasteiger partial charge is 0.229 e. The number of sulfone groups is 1. The lowest BCUT2D eigenvalue weighted by atomic mass is 9.75. The highest BCUT2D eigenvalue weighted by molar-refractivity contribution is 7.91. The number of rotatable bonds is 6. The van der Waals surface area contributed by atoms with Gasteiger partial charge in [-0.1, -0.05) is 12.1 Å². The molecule has 2 saturated carbocycles. The van der Waals surface area contributed by atoms with Crippen molar-refractivity contribution in [3.8, 4) is 28.8 Å². The molecule has 0 unspecified atom stereocenters. The largest absolute Gasteiger partial charge is 0.440 e. The number of aromatic nitrogens is 1. The molecule has 1 amide bonds. The van der Waals surface area contributed by atoms with Crippen LogP contribution in [0.2, 0.25) is 0 Å². The summed E-state index contributed by atoms with van der Waals surface area (Å²) in [6.07, 6.45) is 0.254. The maximum Gasteiger partial charge on any atom is 0.229 e. The van der Waals surface area contributed by atoms with Crippen LogP contribution in [0.25, 0.3) is 22.7 Å². The zero-order valence-corrected chi connectivity index (χ0v) is 23.5. The van der Waals surface area contributed by atoms with Gasteiger partial charge in [0.2, 0.25) is 11.8 Å². The summed E-state index contributed by atoms with van der Waals surface area (Å²) < 4.78 is 72.9. The summed E-state index contributed by atoms with van der Waals surface area (Å²) in [7, 11) is -3.04. The topological polar surface area (TPSA) is 116 Å². The van der Waals surface area contributed by atoms with Crippen molar-refractivity contribution in [2.24, 2.45) is 5.92 Å². The van der Waals surface area contributed by atoms with Crippen molar-refractivity contribution >= 4 is 21.4 Å². The molecule has 3 aromatic rings. The number of carbonyl (C=O) groups excluding carboxylic acids is 1. The van der Waals surface area contributed by atoms with Gasteiger partial charge < -0.3 is 14.6 Å². The molecule has 3 atom stereocenters. The summed E-state index contributed by atoms with van der Waals surface area (Å²) in [6.45, 7) is 0.747. The van der Waals surface area contributed by atoms with Crippen LogP contribution >= 0.6 is 0 Å². The van der Waals surface area contributed by atoms with Crippen LogP contribution in [0.1, 0.15) is 43.8 Å². The number of hydrogen-bond donors (Lipinski definition) is 1. The van der Waals surface area contributed by atoms with Crippen molar-refractivity contribution in [1.29, 1.82) is 5.26 Å². The van der Waals surface area contributed by atoms with Crippen LogP contribution in [0.3, 0.4) is 0 Å². The summed E-state index contributed by atoms with van der Waals surface area (Å²) in [5.74, 6) is -3.16. The number of amides is 1. The Hall–Kier alpha value is -3.85. The van der Waals surface area contributed by atoms with Crippen LogP contribution in [0.4, 0.5) is 18.9 Å². The molecule has 42 heavy (non-hydrogen) atoms. The first-order chi connectivity index (χ1) is 20.1. The SMILES string of the molecule is N#CC1(NC(=O)[C@@H]2C[C@@H](F)CC[C@H]2c2oc(-c3ccc(F)cc3F)nc2-c2ccc(N3CCS(=O)(=O)CC3)cc2)CC1. The number of carbonyl (C=O) groups is 1. The summed E-state index contributed by atoms with van der Waals surface area (Å²) in [5, 5.41) is 12.3. The minimum atomic E-state index is -3.04. The van der Waals surface area contributed by atoms with Crippen LogP contribution in [0, 0.1) is 28.9 Å². The first kappa shape index (κ1) is 28.3. The molecular weight excluding hydrogens is 569 g/mol. The molecule has 3 fully saturated rings. The van der Waals surface area contributed by atoms with Crippen molar-refractivity contribution < 1.29 is 30.8 Å². The standard InChI is InChI=1S/C30H29F3N4O4S/c31-19-3-7-22(24(15-19)28(38)36-30(17-34)9-10-30)27-26(35-29(41-27)23-8-4-20(32)16-25(23)33)18-1-5-21(6-2-18)37-11-13-42(39,40)14-12-37/h1-2,4-6,8,16,19,22,24H,3,7,9-15H2,(H,36,38)/t19-,22+,24+/m0/s1. The molecular formula is C30H29F3N4O4S. The Morgan fingerprint density at radius 1 is 1.10 bits per heavy atom. The van der Waals surface area contributed by atoms with Gasteiger partial charge in [0.05, 0.1) is 29.1 Å². The molecule has 3 aliphatic rings. The normalized spacial score (nSPS) is 24.5. The highest BCUT2D eigenvalue weighted by Gasteiger charge is 2.48. The zero-order valence-electron chi connectivity index (χ0n) is 22.7. The molecule has 0 bridgehead atoms. The lowest BCUT2D eigenvalue weighted by Crippen LogP contribution is -2.44. The van der Waals surface area contributed by atoms with Gasteiger partial charge in [-0.2, -0.15) is 5.26 Å². The van der Waals surface area contributed by atoms with Gasteiger partial charge in [-0.3, -0.25) is 4.79 Å². The van der Waals surface area contributed by atoms with E-state index in [0.717, 1.165) is 17.8 Å². The number of hydrogen-bond acceptors (Lipinski definition) is 7. The van der Waals surface area contributed by atoms with Gasteiger partial charge in [0.25, 0.3) is 0 Å². The molecule has 220 valence electrons. The molecule has 1 aliphatic heterocycles. The number of oxazole rings is 1. The van der Waals surface area contributed by atoms with Gasteiger partial charge in [0, 0.05) is 36.3 Å². The molecule has 6 rings (SSSR count). The minimum absolute atomic E-state index is 0.0587. The molecule has 2 aliphatic carbocycles. The fourth-order valence-electron chi connectivity index (χ4n) is 5.81. The fourth-order valence-corrected chi connectivity index (χ4v) is 7.01. The predicted molar refractivity (Wildman–Crippen MR) is 149 cm³/mol. The van der Waals surface area contributed by atoms with Crippen molar-refractivity contribution in [3.63, 3.8) is 0 Å². The fraction of sp³-hybridized carbons (Fsp3) is 0.433. The Kier molecular flexibility index (Phi) is 7.25. The minimum Gasteiger partial charge on any atom is -0.440 e. The molecule has 2 aromatic carbocycles. The van der Waals surface area contributed by atoms with Crippen LogP contribution in [0.5, 0.6) is 0 Å². The lowest BCUT2D eigenvalue weighted by Gasteiger charge is -2.32. The van der Waals surface area contributed by atoms with Crippen molar-refractivity contribution in [1.82, 2.24) is 10.3 Å². The van der Waals surface area contributed by atoms with Crippen molar-refractivity contribution in [3.05, 3.63) is 59.9 Å². The molecule has 8 nitrogen and oxygen atoms in total. The van der Waals surface area contributed by atoms with E-state index in [9.17, 15) is 31.6 Å². The third-order valence-electron chi connectivity index (χ3n) is 8.45. The Morgan fingerprint density at radius 2 is 1.81 bits per heavy atom. The van der Waals surface area contributed by atoms with Gasteiger partial charge in [-0.05, 0) is 56.4 Å². The highest BCUT2D eigenvalue weighted by Crippen LogP contribution is 2.46. The first-order valence-corrected chi connectivity index (χ1v) is 15.8. The molecule has 12 heteroatoms. The maximum absolute atomic E-state index is 14.8. The number of anilines is 1. The van der Waals surface area contributed by atoms with Crippen LogP contribution in [-0.2, 0) is 14.6 Å².